The van der Waals surface area contributed by atoms with Crippen LogP contribution in [0.25, 0.3) is 0 Å². The molecule has 2 unspecified atom stereocenters. The Morgan fingerprint density at radius 3 is 2.42 bits per heavy atom. The standard InChI is InChI=1S/C38H49N5O10/c1-18-11-22-12-24-26(14-39)43-25(30(42(24)8)28(22)34(31(18)48-10)49-16-47-9)13-23-29(35-33(50-17-51-35)19(2)32(23)52-21(4)44)27(43)15-40-36(45)20(3)41-37(46)53-38(5,6)7/h11,20,24-27,30H,12-13,15-17H2,1-10H3,(H,40,45)(H,41,46)/t20?,24-,25?,26-,27-,30-/m0/s1. The molecule has 0 radical (unpaired) electrons. The number of piperazine rings is 1. The molecule has 2 N–H and O–H groups in total. The van der Waals surface area contributed by atoms with E-state index in [1.54, 1.807) is 41.9 Å². The van der Waals surface area contributed by atoms with Gasteiger partial charge in [0.2, 0.25) is 12.7 Å². The number of likely N-dealkylation sites (N-methyl/N-ethyl adjacent to an activating group) is 1. The summed E-state index contributed by atoms with van der Waals surface area (Å²) in [6.07, 6.45) is 0.182. The van der Waals surface area contributed by atoms with Crippen LogP contribution in [-0.4, -0.2) is 98.9 Å². The average Bonchev–Trinajstić information content (AvgIpc) is 3.57. The van der Waals surface area contributed by atoms with Crippen LogP contribution < -0.4 is 34.3 Å². The number of ether oxygens (including phenoxy) is 7. The summed E-state index contributed by atoms with van der Waals surface area (Å²) in [5.74, 6) is 1.48. The maximum atomic E-state index is 13.6. The number of amides is 2. The van der Waals surface area contributed by atoms with Crippen molar-refractivity contribution in [2.24, 2.45) is 0 Å². The Morgan fingerprint density at radius 1 is 1.06 bits per heavy atom. The smallest absolute Gasteiger partial charge is 0.408 e. The van der Waals surface area contributed by atoms with E-state index in [-0.39, 0.29) is 32.2 Å². The molecule has 1 fully saturated rings. The van der Waals surface area contributed by atoms with Gasteiger partial charge in [-0.25, -0.2) is 4.79 Å². The maximum Gasteiger partial charge on any atom is 0.408 e. The number of aryl methyl sites for hydroxylation is 1. The average molecular weight is 736 g/mol. The van der Waals surface area contributed by atoms with Gasteiger partial charge in [0.15, 0.2) is 29.8 Å². The number of carbonyl (C=O) groups excluding carboxylic acids is 3. The van der Waals surface area contributed by atoms with Crippen LogP contribution in [-0.2, 0) is 31.9 Å². The first-order valence-electron chi connectivity index (χ1n) is 17.7. The van der Waals surface area contributed by atoms with Gasteiger partial charge in [0.1, 0.15) is 23.4 Å². The lowest BCUT2D eigenvalue weighted by atomic mass is 9.71. The van der Waals surface area contributed by atoms with Crippen molar-refractivity contribution in [1.82, 2.24) is 20.4 Å². The molecule has 2 aromatic carbocycles. The fraction of sp³-hybridized carbons (Fsp3) is 0.579. The molecule has 2 aromatic rings. The van der Waals surface area contributed by atoms with E-state index < -0.39 is 47.7 Å². The Hall–Kier alpha value is -4.78. The van der Waals surface area contributed by atoms with Gasteiger partial charge in [-0.2, -0.15) is 5.26 Å². The molecule has 6 rings (SSSR count). The predicted molar refractivity (Wildman–Crippen MR) is 190 cm³/mol. The first kappa shape index (κ1) is 38.0. The van der Waals surface area contributed by atoms with Crippen molar-refractivity contribution in [2.75, 3.05) is 41.4 Å². The highest BCUT2D eigenvalue weighted by molar-refractivity contribution is 5.85. The van der Waals surface area contributed by atoms with Gasteiger partial charge in [0.05, 0.1) is 25.3 Å². The molecular weight excluding hydrogens is 686 g/mol. The lowest BCUT2D eigenvalue weighted by molar-refractivity contribution is -0.132. The van der Waals surface area contributed by atoms with Crippen LogP contribution >= 0.6 is 0 Å². The van der Waals surface area contributed by atoms with Crippen molar-refractivity contribution < 1.29 is 47.5 Å². The van der Waals surface area contributed by atoms with Gasteiger partial charge in [0, 0.05) is 54.9 Å². The first-order chi connectivity index (χ1) is 25.1. The lowest BCUT2D eigenvalue weighted by Gasteiger charge is -2.60. The third-order valence-electron chi connectivity index (χ3n) is 10.4. The van der Waals surface area contributed by atoms with Crippen LogP contribution in [0.3, 0.4) is 0 Å². The number of alkyl carbamates (subject to hydrolysis) is 1. The summed E-state index contributed by atoms with van der Waals surface area (Å²) < 4.78 is 40.9. The lowest BCUT2D eigenvalue weighted by Crippen LogP contribution is -2.69. The Morgan fingerprint density at radius 2 is 1.77 bits per heavy atom. The molecule has 4 aliphatic heterocycles. The van der Waals surface area contributed by atoms with Crippen LogP contribution in [0, 0.1) is 25.2 Å². The molecule has 2 amide bonds. The van der Waals surface area contributed by atoms with E-state index in [9.17, 15) is 19.6 Å². The van der Waals surface area contributed by atoms with Crippen molar-refractivity contribution in [3.05, 3.63) is 39.4 Å². The second-order valence-electron chi connectivity index (χ2n) is 15.0. The molecule has 1 saturated heterocycles. The van der Waals surface area contributed by atoms with Gasteiger partial charge in [-0.15, -0.1) is 0 Å². The quantitative estimate of drug-likeness (QED) is 0.217. The molecule has 0 spiro atoms. The molecule has 4 heterocycles. The van der Waals surface area contributed by atoms with Crippen molar-refractivity contribution in [3.63, 3.8) is 0 Å². The molecule has 15 nitrogen and oxygen atoms in total. The fourth-order valence-corrected chi connectivity index (χ4v) is 8.45. The van der Waals surface area contributed by atoms with Gasteiger partial charge < -0.3 is 43.8 Å². The summed E-state index contributed by atoms with van der Waals surface area (Å²) >= 11 is 0. The zero-order chi connectivity index (χ0) is 38.5. The Balaban J connectivity index is 1.51. The highest BCUT2D eigenvalue weighted by atomic mass is 16.7. The molecule has 53 heavy (non-hydrogen) atoms. The van der Waals surface area contributed by atoms with Gasteiger partial charge in [-0.1, -0.05) is 6.07 Å². The van der Waals surface area contributed by atoms with E-state index in [2.05, 4.69) is 32.6 Å². The van der Waals surface area contributed by atoms with Crippen molar-refractivity contribution in [3.8, 4) is 34.8 Å². The molecule has 286 valence electrons. The van der Waals surface area contributed by atoms with E-state index in [0.29, 0.717) is 52.7 Å². The summed E-state index contributed by atoms with van der Waals surface area (Å²) in [4.78, 5) is 43.2. The second kappa shape index (κ2) is 14.6. The second-order valence-corrected chi connectivity index (χ2v) is 15.0. The molecule has 0 aliphatic carbocycles. The normalized spacial score (nSPS) is 23.4. The number of hydrogen-bond donors (Lipinski definition) is 2. The summed E-state index contributed by atoms with van der Waals surface area (Å²) in [5.41, 5.74) is 4.12. The van der Waals surface area contributed by atoms with Crippen LogP contribution in [0.1, 0.15) is 80.1 Å². The first-order valence-corrected chi connectivity index (χ1v) is 17.7. The van der Waals surface area contributed by atoms with E-state index in [4.69, 9.17) is 33.2 Å². The van der Waals surface area contributed by atoms with Crippen LogP contribution in [0.2, 0.25) is 0 Å². The van der Waals surface area contributed by atoms with Crippen LogP contribution in [0.5, 0.6) is 28.7 Å². The highest BCUT2D eigenvalue weighted by Crippen LogP contribution is 2.58. The monoisotopic (exact) mass is 735 g/mol. The predicted octanol–water partition coefficient (Wildman–Crippen LogP) is 3.75. The van der Waals surface area contributed by atoms with E-state index in [0.717, 1.165) is 22.3 Å². The summed E-state index contributed by atoms with van der Waals surface area (Å²) in [7, 11) is 5.18. The van der Waals surface area contributed by atoms with Gasteiger partial charge in [-0.3, -0.25) is 19.4 Å². The zero-order valence-electron chi connectivity index (χ0n) is 32.0. The number of carbonyl (C=O) groups is 3. The molecule has 6 atom stereocenters. The van der Waals surface area contributed by atoms with Crippen molar-refractivity contribution in [2.45, 2.75) is 103 Å². The minimum Gasteiger partial charge on any atom is -0.493 e. The highest BCUT2D eigenvalue weighted by Gasteiger charge is 2.57. The molecule has 0 saturated carbocycles. The van der Waals surface area contributed by atoms with Gasteiger partial charge in [0.25, 0.3) is 0 Å². The topological polar surface area (TPSA) is 170 Å². The number of rotatable bonds is 9. The molecule has 0 aromatic heterocycles. The minimum absolute atomic E-state index is 0.00636. The number of benzene rings is 2. The molecule has 15 heteroatoms. The molecule has 4 aliphatic rings. The Bertz CT molecular complexity index is 1850. The zero-order valence-corrected chi connectivity index (χ0v) is 32.0. The van der Waals surface area contributed by atoms with Crippen molar-refractivity contribution >= 4 is 18.0 Å². The maximum absolute atomic E-state index is 13.6. The number of hydrogen-bond acceptors (Lipinski definition) is 13. The summed E-state index contributed by atoms with van der Waals surface area (Å²) in [5, 5.41) is 16.6. The minimum atomic E-state index is -0.940. The summed E-state index contributed by atoms with van der Waals surface area (Å²) in [6, 6.07) is 1.53. The summed E-state index contributed by atoms with van der Waals surface area (Å²) in [6.45, 7) is 11.9. The SMILES string of the molecule is COCOc1c(OC)c(C)cc2c1[C@@H]1C3Cc4c(OC(C)=O)c(C)c5c(c4[C@H](CNC(=O)C(C)NC(=O)OC(C)(C)C)N3[C@@H](C#N)[C@H](C2)N1C)OCO5. The van der Waals surface area contributed by atoms with Gasteiger partial charge in [-0.05, 0) is 72.6 Å². The number of esters is 1. The number of methoxy groups -OCH3 is 2. The third kappa shape index (κ3) is 6.79. The van der Waals surface area contributed by atoms with Crippen molar-refractivity contribution in [1.29, 1.82) is 5.26 Å². The van der Waals surface area contributed by atoms with Crippen LogP contribution in [0.4, 0.5) is 4.79 Å². The number of nitriles is 1. The van der Waals surface area contributed by atoms with E-state index in [1.165, 1.54) is 6.92 Å². The molecule has 2 bridgehead atoms. The fourth-order valence-electron chi connectivity index (χ4n) is 8.45. The largest absolute Gasteiger partial charge is 0.493 e. The van der Waals surface area contributed by atoms with Gasteiger partial charge >= 0.3 is 12.1 Å². The van der Waals surface area contributed by atoms with E-state index in [1.807, 2.05) is 20.9 Å². The van der Waals surface area contributed by atoms with E-state index >= 15 is 0 Å². The molecular formula is C38H49N5O10. The van der Waals surface area contributed by atoms with Crippen LogP contribution in [0.15, 0.2) is 6.07 Å². The third-order valence-corrected chi connectivity index (χ3v) is 10.4. The Kier molecular flexibility index (Phi) is 10.4. The Labute approximate surface area is 309 Å². The number of fused-ring (bicyclic) bond motifs is 9. The number of nitrogens with one attached hydrogen (secondary N) is 2. The number of nitrogens with zero attached hydrogens (tertiary/aromatic N) is 3.